The molecule has 1 unspecified atom stereocenters. The number of aliphatic hydroxyl groups is 1. The Morgan fingerprint density at radius 3 is 2.36 bits per heavy atom. The normalized spacial score (nSPS) is 17.6. The van der Waals surface area contributed by atoms with Crippen LogP contribution in [0.3, 0.4) is 0 Å². The van der Waals surface area contributed by atoms with Crippen LogP contribution in [0.5, 0.6) is 0 Å². The molecule has 1 amide bonds. The van der Waals surface area contributed by atoms with Crippen LogP contribution in [0.4, 0.5) is 0 Å². The Balaban J connectivity index is 1.81. The van der Waals surface area contributed by atoms with E-state index in [0.29, 0.717) is 17.9 Å². The summed E-state index contributed by atoms with van der Waals surface area (Å²) in [5.74, 6) is -1.45. The number of benzene rings is 1. The maximum absolute atomic E-state index is 13.4. The molecule has 1 aliphatic rings. The highest BCUT2D eigenvalue weighted by molar-refractivity contribution is 6.46. The molecule has 7 nitrogen and oxygen atoms in total. The molecule has 1 aromatic carbocycles. The highest BCUT2D eigenvalue weighted by Crippen LogP contribution is 2.40. The third-order valence-electron chi connectivity index (χ3n) is 7.32. The maximum atomic E-state index is 13.4. The van der Waals surface area contributed by atoms with E-state index < -0.39 is 17.7 Å². The number of hydrogen-bond donors (Lipinski definition) is 1. The zero-order valence-electron chi connectivity index (χ0n) is 21.9. The van der Waals surface area contributed by atoms with Gasteiger partial charge in [0.25, 0.3) is 11.7 Å². The van der Waals surface area contributed by atoms with Crippen LogP contribution in [0, 0.1) is 13.8 Å². The summed E-state index contributed by atoms with van der Waals surface area (Å²) in [5, 5.41) is 11.5. The predicted molar refractivity (Wildman–Crippen MR) is 142 cm³/mol. The molecule has 1 aliphatic heterocycles. The molecule has 1 atom stereocenters. The van der Waals surface area contributed by atoms with Crippen molar-refractivity contribution in [2.24, 2.45) is 0 Å². The zero-order chi connectivity index (χ0) is 26.0. The number of amides is 1. The lowest BCUT2D eigenvalue weighted by Crippen LogP contribution is -2.33. The summed E-state index contributed by atoms with van der Waals surface area (Å²) in [6.45, 7) is 13.3. The number of carbonyl (C=O) groups excluding carboxylic acids is 2. The van der Waals surface area contributed by atoms with Gasteiger partial charge in [0.05, 0.1) is 17.3 Å². The smallest absolute Gasteiger partial charge is 0.295 e. The highest BCUT2D eigenvalue weighted by atomic mass is 16.3. The number of likely N-dealkylation sites (tertiary alicyclic amines) is 1. The molecule has 0 aliphatic carbocycles. The van der Waals surface area contributed by atoms with Gasteiger partial charge in [0.2, 0.25) is 0 Å². The first-order chi connectivity index (χ1) is 17.3. The van der Waals surface area contributed by atoms with Crippen LogP contribution in [0.1, 0.15) is 61.3 Å². The number of aromatic nitrogens is 2. The molecule has 3 heterocycles. The topological polar surface area (TPSA) is 78.1 Å². The third kappa shape index (κ3) is 4.55. The van der Waals surface area contributed by atoms with Gasteiger partial charge < -0.3 is 19.3 Å². The average Bonchev–Trinajstić information content (AvgIpc) is 3.36. The van der Waals surface area contributed by atoms with Crippen molar-refractivity contribution in [2.75, 3.05) is 26.2 Å². The summed E-state index contributed by atoms with van der Waals surface area (Å²) in [6.07, 6.45) is 3.52. The van der Waals surface area contributed by atoms with Crippen LogP contribution in [0.15, 0.2) is 48.2 Å². The van der Waals surface area contributed by atoms with Crippen LogP contribution in [-0.2, 0) is 16.0 Å². The number of aryl methyl sites for hydroxylation is 3. The molecule has 0 radical (unpaired) electrons. The molecule has 0 saturated carbocycles. The number of hydrogen-bond acceptors (Lipinski definition) is 5. The predicted octanol–water partition coefficient (Wildman–Crippen LogP) is 4.67. The van der Waals surface area contributed by atoms with Gasteiger partial charge in [0.15, 0.2) is 5.76 Å². The number of pyridine rings is 1. The Hall–Kier alpha value is -3.45. The molecule has 7 heteroatoms. The monoisotopic (exact) mass is 488 g/mol. The van der Waals surface area contributed by atoms with Crippen molar-refractivity contribution in [3.05, 3.63) is 76.2 Å². The molecule has 4 rings (SSSR count). The molecule has 1 fully saturated rings. The van der Waals surface area contributed by atoms with Crippen molar-refractivity contribution < 1.29 is 14.7 Å². The number of Topliss-reactive ketones (excluding diaryl/α,β-unsaturated/α-hetero) is 1. The number of rotatable bonds is 9. The summed E-state index contributed by atoms with van der Waals surface area (Å²) < 4.78 is 1.90. The molecule has 3 aromatic rings. The lowest BCUT2D eigenvalue weighted by molar-refractivity contribution is -0.140. The molecule has 0 spiro atoms. The van der Waals surface area contributed by atoms with E-state index in [0.717, 1.165) is 49.3 Å². The lowest BCUT2D eigenvalue weighted by Gasteiger charge is -2.27. The minimum absolute atomic E-state index is 0.108. The van der Waals surface area contributed by atoms with E-state index in [1.807, 2.05) is 60.8 Å². The maximum Gasteiger partial charge on any atom is 0.295 e. The van der Waals surface area contributed by atoms with Crippen molar-refractivity contribution in [2.45, 2.75) is 53.5 Å². The second-order valence-electron chi connectivity index (χ2n) is 9.40. The summed E-state index contributed by atoms with van der Waals surface area (Å²) in [6, 6.07) is 11.2. The molecular formula is C29H36N4O3. The Morgan fingerprint density at radius 1 is 1.06 bits per heavy atom. The first kappa shape index (κ1) is 25.6. The fourth-order valence-electron chi connectivity index (χ4n) is 5.07. The van der Waals surface area contributed by atoms with E-state index in [4.69, 9.17) is 0 Å². The number of imidazole rings is 1. The summed E-state index contributed by atoms with van der Waals surface area (Å²) in [5.41, 5.74) is 4.82. The number of carbonyl (C=O) groups is 2. The Kier molecular flexibility index (Phi) is 7.59. The van der Waals surface area contributed by atoms with Gasteiger partial charge >= 0.3 is 0 Å². The van der Waals surface area contributed by atoms with Crippen molar-refractivity contribution in [1.29, 1.82) is 0 Å². The van der Waals surface area contributed by atoms with Gasteiger partial charge in [-0.15, -0.1) is 0 Å². The Labute approximate surface area is 213 Å². The summed E-state index contributed by atoms with van der Waals surface area (Å²) in [4.78, 5) is 35.2. The Bertz CT molecular complexity index is 1300. The minimum Gasteiger partial charge on any atom is -0.505 e. The number of aliphatic hydroxyl groups excluding tert-OH is 1. The summed E-state index contributed by atoms with van der Waals surface area (Å²) in [7, 11) is 0. The highest BCUT2D eigenvalue weighted by Gasteiger charge is 2.46. The van der Waals surface area contributed by atoms with Crippen molar-refractivity contribution in [3.63, 3.8) is 0 Å². The van der Waals surface area contributed by atoms with Crippen molar-refractivity contribution in [1.82, 2.24) is 19.2 Å². The SMILES string of the molecule is CCc1ccc(C2C(=C(O)c3nc4c(C)cccn4c3C)C(=O)C(=O)N2CCCN(CC)CC)cc1. The van der Waals surface area contributed by atoms with Gasteiger partial charge in [-0.2, -0.15) is 0 Å². The van der Waals surface area contributed by atoms with Crippen LogP contribution in [0.25, 0.3) is 11.4 Å². The minimum atomic E-state index is -0.659. The van der Waals surface area contributed by atoms with Gasteiger partial charge in [0.1, 0.15) is 11.3 Å². The standard InChI is InChI=1S/C29H36N4O3/c1-6-21-12-14-22(15-13-21)25-23(27(35)29(36)33(25)18-10-16-31(7-2)8-3)26(34)24-20(5)32-17-9-11-19(4)28(32)30-24/h9,11-15,17,25,34H,6-8,10,16,18H2,1-5H3. The molecule has 2 aromatic heterocycles. The number of ketones is 1. The summed E-state index contributed by atoms with van der Waals surface area (Å²) >= 11 is 0. The van der Waals surface area contributed by atoms with Gasteiger partial charge in [-0.1, -0.05) is 51.1 Å². The largest absolute Gasteiger partial charge is 0.505 e. The first-order valence-corrected chi connectivity index (χ1v) is 12.9. The number of nitrogens with zero attached hydrogens (tertiary/aromatic N) is 4. The van der Waals surface area contributed by atoms with Gasteiger partial charge in [0, 0.05) is 12.7 Å². The third-order valence-corrected chi connectivity index (χ3v) is 7.32. The van der Waals surface area contributed by atoms with Crippen LogP contribution in [0.2, 0.25) is 0 Å². The van der Waals surface area contributed by atoms with Crippen LogP contribution >= 0.6 is 0 Å². The van der Waals surface area contributed by atoms with E-state index in [1.54, 1.807) is 4.90 Å². The van der Waals surface area contributed by atoms with E-state index in [2.05, 4.69) is 30.7 Å². The van der Waals surface area contributed by atoms with E-state index in [-0.39, 0.29) is 11.3 Å². The van der Waals surface area contributed by atoms with Gasteiger partial charge in [-0.3, -0.25) is 9.59 Å². The van der Waals surface area contributed by atoms with E-state index in [9.17, 15) is 14.7 Å². The molecule has 1 N–H and O–H groups in total. The quantitative estimate of drug-likeness (QED) is 0.269. The van der Waals surface area contributed by atoms with Crippen molar-refractivity contribution in [3.8, 4) is 0 Å². The van der Waals surface area contributed by atoms with Crippen molar-refractivity contribution >= 4 is 23.1 Å². The fourth-order valence-corrected chi connectivity index (χ4v) is 5.07. The molecule has 190 valence electrons. The molecular weight excluding hydrogens is 452 g/mol. The molecule has 36 heavy (non-hydrogen) atoms. The first-order valence-electron chi connectivity index (χ1n) is 12.9. The van der Waals surface area contributed by atoms with E-state index >= 15 is 0 Å². The second-order valence-corrected chi connectivity index (χ2v) is 9.40. The van der Waals surface area contributed by atoms with E-state index in [1.165, 1.54) is 5.56 Å². The van der Waals surface area contributed by atoms with Crippen LogP contribution < -0.4 is 0 Å². The average molecular weight is 489 g/mol. The zero-order valence-corrected chi connectivity index (χ0v) is 21.9. The second kappa shape index (κ2) is 10.7. The van der Waals surface area contributed by atoms with Gasteiger partial charge in [-0.25, -0.2) is 4.98 Å². The fraction of sp³-hybridized carbons (Fsp3) is 0.414. The number of fused-ring (bicyclic) bond motifs is 1. The van der Waals surface area contributed by atoms with Crippen LogP contribution in [-0.4, -0.2) is 62.2 Å². The van der Waals surface area contributed by atoms with Gasteiger partial charge in [-0.05, 0) is 69.1 Å². The lowest BCUT2D eigenvalue weighted by atomic mass is 9.95. The molecule has 0 bridgehead atoms. The molecule has 1 saturated heterocycles. The Morgan fingerprint density at radius 2 is 1.75 bits per heavy atom.